The van der Waals surface area contributed by atoms with E-state index in [1.54, 1.807) is 44.2 Å². The highest BCUT2D eigenvalue weighted by molar-refractivity contribution is 5.95. The number of hydrogen-bond acceptors (Lipinski definition) is 9. The molecule has 0 aliphatic rings. The molecule has 274 valence electrons. The van der Waals surface area contributed by atoms with E-state index in [9.17, 15) is 34.2 Å². The number of rotatable bonds is 22. The normalized spacial score (nSPS) is 14.6. The maximum absolute atomic E-state index is 13.7. The number of carboxylic acids is 1. The maximum Gasteiger partial charge on any atom is 0.326 e. The molecule has 1 rings (SSSR count). The van der Waals surface area contributed by atoms with Gasteiger partial charge in [0.1, 0.15) is 24.2 Å². The Kier molecular flexibility index (Phi) is 18.7. The number of amides is 4. The molecule has 49 heavy (non-hydrogen) atoms. The molecular formula is C31H53N11O7. The van der Waals surface area contributed by atoms with E-state index in [1.807, 2.05) is 0 Å². The zero-order valence-electron chi connectivity index (χ0n) is 28.3. The third-order valence-electron chi connectivity index (χ3n) is 7.18. The molecule has 1 aromatic rings. The van der Waals surface area contributed by atoms with Gasteiger partial charge in [-0.05, 0) is 50.5 Å². The second kappa shape index (κ2) is 21.8. The monoisotopic (exact) mass is 691 g/mol. The van der Waals surface area contributed by atoms with E-state index in [4.69, 9.17) is 28.7 Å². The molecule has 0 aliphatic carbocycles. The second-order valence-corrected chi connectivity index (χ2v) is 12.1. The van der Waals surface area contributed by atoms with Gasteiger partial charge in [0.25, 0.3) is 0 Å². The van der Waals surface area contributed by atoms with Crippen LogP contribution in [-0.4, -0.2) is 101 Å². The van der Waals surface area contributed by atoms with Crippen LogP contribution in [-0.2, 0) is 30.4 Å². The van der Waals surface area contributed by atoms with Gasteiger partial charge >= 0.3 is 5.97 Å². The maximum atomic E-state index is 13.7. The number of aliphatic imine (C=N–C) groups is 2. The van der Waals surface area contributed by atoms with E-state index in [0.29, 0.717) is 12.0 Å². The van der Waals surface area contributed by atoms with Crippen molar-refractivity contribution >= 4 is 41.5 Å². The van der Waals surface area contributed by atoms with E-state index >= 15 is 0 Å². The lowest BCUT2D eigenvalue weighted by molar-refractivity contribution is -0.143. The summed E-state index contributed by atoms with van der Waals surface area (Å²) in [6, 6.07) is 2.43. The first-order chi connectivity index (χ1) is 23.0. The van der Waals surface area contributed by atoms with Gasteiger partial charge in [0.05, 0.1) is 12.1 Å². The van der Waals surface area contributed by atoms with E-state index in [0.717, 1.165) is 0 Å². The van der Waals surface area contributed by atoms with Crippen molar-refractivity contribution in [1.29, 1.82) is 0 Å². The molecule has 18 nitrogen and oxygen atoms in total. The Balaban J connectivity index is 3.25. The molecule has 1 aromatic carbocycles. The SMILES string of the molecule is CC(C)C[C@H](NC(=O)[C@@H](NC(=O)[C@H](Cc1ccccc1)NC(=O)[C@H](CCCN=C(N)N)NC(=O)[C@@H](N)CCCN=C(N)N)[C@@H](C)O)C(=O)O. The van der Waals surface area contributed by atoms with Crippen LogP contribution < -0.4 is 49.9 Å². The van der Waals surface area contributed by atoms with Crippen LogP contribution in [0, 0.1) is 5.92 Å². The van der Waals surface area contributed by atoms with Gasteiger partial charge < -0.3 is 60.1 Å². The quantitative estimate of drug-likeness (QED) is 0.0332. The van der Waals surface area contributed by atoms with E-state index in [1.165, 1.54) is 6.92 Å². The summed E-state index contributed by atoms with van der Waals surface area (Å²) in [6.07, 6.45) is -0.387. The van der Waals surface area contributed by atoms with Gasteiger partial charge in [-0.3, -0.25) is 29.2 Å². The molecule has 0 spiro atoms. The molecular weight excluding hydrogens is 638 g/mol. The third-order valence-corrected chi connectivity index (χ3v) is 7.18. The molecule has 6 atom stereocenters. The summed E-state index contributed by atoms with van der Waals surface area (Å²) in [5, 5.41) is 30.1. The molecule has 0 heterocycles. The van der Waals surface area contributed by atoms with Crippen molar-refractivity contribution in [3.63, 3.8) is 0 Å². The minimum absolute atomic E-state index is 0.0311. The Morgan fingerprint density at radius 3 is 1.73 bits per heavy atom. The minimum atomic E-state index is -1.55. The second-order valence-electron chi connectivity index (χ2n) is 12.1. The molecule has 0 bridgehead atoms. The van der Waals surface area contributed by atoms with E-state index in [2.05, 4.69) is 31.3 Å². The first-order valence-corrected chi connectivity index (χ1v) is 16.0. The van der Waals surface area contributed by atoms with E-state index in [-0.39, 0.29) is 63.0 Å². The van der Waals surface area contributed by atoms with Gasteiger partial charge in [0.2, 0.25) is 23.6 Å². The number of aliphatic carboxylic acids is 1. The van der Waals surface area contributed by atoms with Crippen molar-refractivity contribution in [3.05, 3.63) is 35.9 Å². The van der Waals surface area contributed by atoms with Crippen molar-refractivity contribution in [2.45, 2.75) is 95.6 Å². The van der Waals surface area contributed by atoms with Crippen LogP contribution in [0.1, 0.15) is 58.4 Å². The van der Waals surface area contributed by atoms with Crippen LogP contribution in [0.5, 0.6) is 0 Å². The Hall–Kier alpha value is -4.97. The highest BCUT2D eigenvalue weighted by atomic mass is 16.4. The lowest BCUT2D eigenvalue weighted by Crippen LogP contribution is -2.61. The fourth-order valence-corrected chi connectivity index (χ4v) is 4.65. The summed E-state index contributed by atoms with van der Waals surface area (Å²) in [4.78, 5) is 72.9. The van der Waals surface area contributed by atoms with Crippen LogP contribution in [0.2, 0.25) is 0 Å². The molecule has 0 aromatic heterocycles. The fourth-order valence-electron chi connectivity index (χ4n) is 4.65. The zero-order valence-corrected chi connectivity index (χ0v) is 28.3. The lowest BCUT2D eigenvalue weighted by Gasteiger charge is -2.27. The molecule has 18 heteroatoms. The summed E-state index contributed by atoms with van der Waals surface area (Å²) in [6.45, 7) is 5.23. The van der Waals surface area contributed by atoms with Gasteiger partial charge in [0.15, 0.2) is 11.9 Å². The zero-order chi connectivity index (χ0) is 37.1. The topological polar surface area (TPSA) is 329 Å². The number of carbonyl (C=O) groups is 5. The summed E-state index contributed by atoms with van der Waals surface area (Å²) >= 11 is 0. The average Bonchev–Trinajstić information content (AvgIpc) is 3.02. The smallest absolute Gasteiger partial charge is 0.326 e. The lowest BCUT2D eigenvalue weighted by atomic mass is 10.0. The Bertz CT molecular complexity index is 1280. The predicted molar refractivity (Wildman–Crippen MR) is 184 cm³/mol. The Labute approximate surface area is 286 Å². The molecule has 0 saturated heterocycles. The predicted octanol–water partition coefficient (Wildman–Crippen LogP) is -2.89. The van der Waals surface area contributed by atoms with Crippen molar-refractivity contribution in [2.75, 3.05) is 13.1 Å². The van der Waals surface area contributed by atoms with Crippen LogP contribution in [0.25, 0.3) is 0 Å². The van der Waals surface area contributed by atoms with Gasteiger partial charge in [-0.2, -0.15) is 0 Å². The van der Waals surface area contributed by atoms with Crippen LogP contribution in [0.4, 0.5) is 0 Å². The Morgan fingerprint density at radius 2 is 1.22 bits per heavy atom. The first-order valence-electron chi connectivity index (χ1n) is 16.0. The number of hydrogen-bond donors (Lipinski definition) is 11. The molecule has 16 N–H and O–H groups in total. The highest BCUT2D eigenvalue weighted by Gasteiger charge is 2.34. The van der Waals surface area contributed by atoms with Gasteiger partial charge in [0, 0.05) is 19.5 Å². The number of guanidine groups is 2. The van der Waals surface area contributed by atoms with Crippen LogP contribution in [0.15, 0.2) is 40.3 Å². The molecule has 0 aliphatic heterocycles. The first kappa shape index (κ1) is 42.1. The highest BCUT2D eigenvalue weighted by Crippen LogP contribution is 2.09. The number of aliphatic hydroxyl groups excluding tert-OH is 1. The van der Waals surface area contributed by atoms with Crippen molar-refractivity contribution in [2.24, 2.45) is 44.6 Å². The van der Waals surface area contributed by atoms with Crippen molar-refractivity contribution in [3.8, 4) is 0 Å². The van der Waals surface area contributed by atoms with Crippen molar-refractivity contribution in [1.82, 2.24) is 21.3 Å². The molecule has 4 amide bonds. The van der Waals surface area contributed by atoms with Crippen LogP contribution in [0.3, 0.4) is 0 Å². The minimum Gasteiger partial charge on any atom is -0.480 e. The molecule has 0 radical (unpaired) electrons. The largest absolute Gasteiger partial charge is 0.480 e. The number of carbonyl (C=O) groups excluding carboxylic acids is 4. The number of nitrogens with two attached hydrogens (primary N) is 5. The van der Waals surface area contributed by atoms with Gasteiger partial charge in [-0.25, -0.2) is 4.79 Å². The van der Waals surface area contributed by atoms with E-state index < -0.39 is 65.9 Å². The Morgan fingerprint density at radius 1 is 0.714 bits per heavy atom. The number of benzene rings is 1. The molecule has 0 saturated carbocycles. The number of carboxylic acid groups (broad SMARTS) is 1. The standard InChI is InChI=1S/C31H53N11O7/c1-17(2)15-23(29(48)49)41-28(47)24(18(3)43)42-27(46)22(16-19-9-5-4-6-10-19)40-26(45)21(12-8-14-38-31(35)36)39-25(44)20(32)11-7-13-37-30(33)34/h4-6,9-10,17-18,20-24,43H,7-8,11-16,32H2,1-3H3,(H,39,44)(H,40,45)(H,41,47)(H,42,46)(H,48,49)(H4,33,34,37)(H4,35,36,38)/t18-,20+,21+,22+,23+,24+/m1/s1. The van der Waals surface area contributed by atoms with Crippen LogP contribution >= 0.6 is 0 Å². The summed E-state index contributed by atoms with van der Waals surface area (Å²) in [7, 11) is 0. The molecule has 0 unspecified atom stereocenters. The summed E-state index contributed by atoms with van der Waals surface area (Å²) < 4.78 is 0. The number of nitrogens with zero attached hydrogens (tertiary/aromatic N) is 2. The third kappa shape index (κ3) is 17.1. The summed E-state index contributed by atoms with van der Waals surface area (Å²) in [5.74, 6) is -4.70. The van der Waals surface area contributed by atoms with Gasteiger partial charge in [-0.15, -0.1) is 0 Å². The average molecular weight is 692 g/mol. The van der Waals surface area contributed by atoms with Gasteiger partial charge in [-0.1, -0.05) is 44.2 Å². The number of nitrogens with one attached hydrogen (secondary N) is 4. The molecule has 0 fully saturated rings. The number of aliphatic hydroxyl groups is 1. The van der Waals surface area contributed by atoms with Crippen molar-refractivity contribution < 1.29 is 34.2 Å². The summed E-state index contributed by atoms with van der Waals surface area (Å²) in [5.41, 5.74) is 28.1. The fraction of sp³-hybridized carbons (Fsp3) is 0.581.